The van der Waals surface area contributed by atoms with Crippen molar-refractivity contribution in [3.8, 4) is 5.75 Å². The first-order valence-corrected chi connectivity index (χ1v) is 12.9. The van der Waals surface area contributed by atoms with Crippen molar-refractivity contribution in [2.24, 2.45) is 0 Å². The molecule has 2 aliphatic rings. The van der Waals surface area contributed by atoms with E-state index in [1.165, 1.54) is 16.2 Å². The number of hydrogen-bond acceptors (Lipinski definition) is 5. The summed E-state index contributed by atoms with van der Waals surface area (Å²) in [4.78, 5) is 30.2. The molecule has 0 saturated carbocycles. The monoisotopic (exact) mass is 505 g/mol. The molecule has 6 nitrogen and oxygen atoms in total. The second kappa shape index (κ2) is 9.69. The number of benzene rings is 2. The largest absolute Gasteiger partial charge is 0.494 e. The van der Waals surface area contributed by atoms with Gasteiger partial charge in [-0.3, -0.25) is 19.8 Å². The number of hydrogen-bond donors (Lipinski definition) is 1. The Labute approximate surface area is 219 Å². The Bertz CT molecular complexity index is 1250. The predicted molar refractivity (Wildman–Crippen MR) is 150 cm³/mol. The molecule has 2 amide bonds. The number of carbonyl (C=O) groups is 2. The Morgan fingerprint density at radius 3 is 2.47 bits per heavy atom. The summed E-state index contributed by atoms with van der Waals surface area (Å²) < 4.78 is 5.50. The molecule has 0 aliphatic carbocycles. The van der Waals surface area contributed by atoms with Crippen LogP contribution >= 0.6 is 12.2 Å². The number of thiocarbonyl (C=S) groups is 1. The molecule has 1 atom stereocenters. The lowest BCUT2D eigenvalue weighted by molar-refractivity contribution is -0.122. The predicted octanol–water partition coefficient (Wildman–Crippen LogP) is 5.73. The highest BCUT2D eigenvalue weighted by atomic mass is 32.1. The maximum atomic E-state index is 13.5. The standard InChI is InChI=1S/C29H35N3O3S/c1-8-35-22-11-9-21(10-12-22)31-27(34)24(26(33)30-28(31)36)15-20-14-23-19(5)16-29(6,7)32(17(2)3)25(23)13-18(20)4/h9-15,17,19H,8,16H2,1-7H3,(H,30,33,36)/b24-15+/t19-/m1/s1. The van der Waals surface area contributed by atoms with E-state index in [1.807, 2.05) is 13.8 Å². The summed E-state index contributed by atoms with van der Waals surface area (Å²) >= 11 is 5.35. The molecule has 2 aromatic carbocycles. The molecular weight excluding hydrogens is 470 g/mol. The summed E-state index contributed by atoms with van der Waals surface area (Å²) in [5, 5.41) is 2.75. The van der Waals surface area contributed by atoms with Crippen LogP contribution in [-0.2, 0) is 9.59 Å². The van der Waals surface area contributed by atoms with E-state index in [0.29, 0.717) is 30.0 Å². The van der Waals surface area contributed by atoms with Gasteiger partial charge in [0, 0.05) is 17.3 Å². The summed E-state index contributed by atoms with van der Waals surface area (Å²) in [6.45, 7) is 15.8. The van der Waals surface area contributed by atoms with Gasteiger partial charge in [0.1, 0.15) is 11.3 Å². The number of aryl methyl sites for hydroxylation is 1. The minimum atomic E-state index is -0.484. The van der Waals surface area contributed by atoms with E-state index in [0.717, 1.165) is 17.5 Å². The van der Waals surface area contributed by atoms with Crippen LogP contribution in [0.2, 0.25) is 0 Å². The second-order valence-corrected chi connectivity index (χ2v) is 10.9. The number of rotatable bonds is 5. The molecule has 2 aliphatic heterocycles. The third-order valence-electron chi connectivity index (χ3n) is 6.99. The highest BCUT2D eigenvalue weighted by molar-refractivity contribution is 7.80. The first-order chi connectivity index (χ1) is 16.9. The summed E-state index contributed by atoms with van der Waals surface area (Å²) in [5.74, 6) is 0.130. The zero-order valence-corrected chi connectivity index (χ0v) is 23.0. The molecule has 0 unspecified atom stereocenters. The van der Waals surface area contributed by atoms with Crippen LogP contribution in [0.15, 0.2) is 42.0 Å². The first kappa shape index (κ1) is 25.9. The quantitative estimate of drug-likeness (QED) is 0.320. The Kier molecular flexibility index (Phi) is 6.97. The van der Waals surface area contributed by atoms with Gasteiger partial charge in [0.15, 0.2) is 5.11 Å². The highest BCUT2D eigenvalue weighted by Gasteiger charge is 2.38. The van der Waals surface area contributed by atoms with Crippen molar-refractivity contribution in [1.82, 2.24) is 5.32 Å². The molecule has 0 bridgehead atoms. The summed E-state index contributed by atoms with van der Waals surface area (Å²) in [6, 6.07) is 11.8. The van der Waals surface area contributed by atoms with Gasteiger partial charge in [-0.2, -0.15) is 0 Å². The number of nitrogens with zero attached hydrogens (tertiary/aromatic N) is 2. The molecule has 2 aromatic rings. The number of ether oxygens (including phenoxy) is 1. The van der Waals surface area contributed by atoms with Gasteiger partial charge in [0.05, 0.1) is 12.3 Å². The Morgan fingerprint density at radius 2 is 1.86 bits per heavy atom. The lowest BCUT2D eigenvalue weighted by Gasteiger charge is -2.50. The maximum absolute atomic E-state index is 13.5. The van der Waals surface area contributed by atoms with Gasteiger partial charge in [-0.05, 0) is 125 Å². The van der Waals surface area contributed by atoms with Crippen molar-refractivity contribution >= 4 is 46.6 Å². The number of fused-ring (bicyclic) bond motifs is 1. The van der Waals surface area contributed by atoms with E-state index in [9.17, 15) is 9.59 Å². The van der Waals surface area contributed by atoms with Gasteiger partial charge in [0.25, 0.3) is 11.8 Å². The van der Waals surface area contributed by atoms with Crippen molar-refractivity contribution in [3.63, 3.8) is 0 Å². The zero-order valence-electron chi connectivity index (χ0n) is 22.1. The Morgan fingerprint density at radius 1 is 1.19 bits per heavy atom. The number of carbonyl (C=O) groups excluding carboxylic acids is 2. The van der Waals surface area contributed by atoms with Crippen LogP contribution in [0, 0.1) is 6.92 Å². The number of anilines is 2. The Hall–Kier alpha value is -3.19. The molecule has 7 heteroatoms. The van der Waals surface area contributed by atoms with E-state index in [4.69, 9.17) is 17.0 Å². The zero-order chi connectivity index (χ0) is 26.4. The van der Waals surface area contributed by atoms with Gasteiger partial charge < -0.3 is 9.64 Å². The molecule has 0 radical (unpaired) electrons. The fourth-order valence-electron chi connectivity index (χ4n) is 5.65. The third-order valence-corrected chi connectivity index (χ3v) is 7.27. The second-order valence-electron chi connectivity index (χ2n) is 10.5. The average molecular weight is 506 g/mol. The van der Waals surface area contributed by atoms with Crippen LogP contribution in [0.1, 0.15) is 70.6 Å². The SMILES string of the molecule is CCOc1ccc(N2C(=O)/C(=C/c3cc4c(cc3C)N(C(C)C)C(C)(C)C[C@H]4C)C(=O)NC2=S)cc1. The smallest absolute Gasteiger partial charge is 0.270 e. The van der Waals surface area contributed by atoms with E-state index >= 15 is 0 Å². The minimum Gasteiger partial charge on any atom is -0.494 e. The molecule has 0 aromatic heterocycles. The van der Waals surface area contributed by atoms with Gasteiger partial charge in [-0.25, -0.2) is 0 Å². The minimum absolute atomic E-state index is 0.0418. The topological polar surface area (TPSA) is 61.9 Å². The van der Waals surface area contributed by atoms with E-state index in [2.05, 4.69) is 57.0 Å². The van der Waals surface area contributed by atoms with Crippen molar-refractivity contribution in [2.75, 3.05) is 16.4 Å². The number of amides is 2. The molecule has 1 saturated heterocycles. The van der Waals surface area contributed by atoms with Crippen molar-refractivity contribution in [1.29, 1.82) is 0 Å². The molecule has 36 heavy (non-hydrogen) atoms. The molecule has 1 N–H and O–H groups in total. The van der Waals surface area contributed by atoms with Gasteiger partial charge in [-0.15, -0.1) is 0 Å². The summed E-state index contributed by atoms with van der Waals surface area (Å²) in [5.41, 5.74) is 5.02. The van der Waals surface area contributed by atoms with Crippen molar-refractivity contribution in [2.45, 2.75) is 72.4 Å². The van der Waals surface area contributed by atoms with Gasteiger partial charge in [0.2, 0.25) is 0 Å². The Balaban J connectivity index is 1.74. The molecule has 1 fully saturated rings. The van der Waals surface area contributed by atoms with Crippen LogP contribution in [0.5, 0.6) is 5.75 Å². The van der Waals surface area contributed by atoms with Crippen LogP contribution in [0.3, 0.4) is 0 Å². The summed E-state index contributed by atoms with van der Waals surface area (Å²) in [7, 11) is 0. The molecule has 4 rings (SSSR count). The van der Waals surface area contributed by atoms with E-state index < -0.39 is 11.8 Å². The van der Waals surface area contributed by atoms with Crippen molar-refractivity contribution < 1.29 is 14.3 Å². The first-order valence-electron chi connectivity index (χ1n) is 12.5. The maximum Gasteiger partial charge on any atom is 0.270 e. The fourth-order valence-corrected chi connectivity index (χ4v) is 5.93. The van der Waals surface area contributed by atoms with Crippen molar-refractivity contribution in [3.05, 3.63) is 58.7 Å². The lowest BCUT2D eigenvalue weighted by atomic mass is 9.78. The molecule has 0 spiro atoms. The lowest BCUT2D eigenvalue weighted by Crippen LogP contribution is -2.54. The van der Waals surface area contributed by atoms with Crippen LogP contribution in [-0.4, -0.2) is 35.1 Å². The fraction of sp³-hybridized carbons (Fsp3) is 0.414. The van der Waals surface area contributed by atoms with Crippen LogP contribution < -0.4 is 19.9 Å². The van der Waals surface area contributed by atoms with E-state index in [1.54, 1.807) is 30.3 Å². The third kappa shape index (κ3) is 4.64. The van der Waals surface area contributed by atoms with Gasteiger partial charge in [-0.1, -0.05) is 6.92 Å². The van der Waals surface area contributed by atoms with Gasteiger partial charge >= 0.3 is 0 Å². The number of nitrogens with one attached hydrogen (secondary N) is 1. The highest BCUT2D eigenvalue weighted by Crippen LogP contribution is 2.45. The molecule has 190 valence electrons. The normalized spacial score (nSPS) is 20.6. The molecule has 2 heterocycles. The average Bonchev–Trinajstić information content (AvgIpc) is 2.77. The molecular formula is C29H35N3O3S. The van der Waals surface area contributed by atoms with E-state index in [-0.39, 0.29) is 16.2 Å². The van der Waals surface area contributed by atoms with Crippen LogP contribution in [0.25, 0.3) is 6.08 Å². The summed E-state index contributed by atoms with van der Waals surface area (Å²) in [6.07, 6.45) is 2.72. The van der Waals surface area contributed by atoms with Crippen LogP contribution in [0.4, 0.5) is 11.4 Å².